The summed E-state index contributed by atoms with van der Waals surface area (Å²) in [5.74, 6) is -2.34. The summed E-state index contributed by atoms with van der Waals surface area (Å²) in [6, 6.07) is 8.50. The van der Waals surface area contributed by atoms with Gasteiger partial charge in [-0.15, -0.1) is 0 Å². The molecule has 0 amide bonds. The van der Waals surface area contributed by atoms with E-state index in [1.54, 1.807) is 12.1 Å². The summed E-state index contributed by atoms with van der Waals surface area (Å²) in [6.07, 6.45) is -1.94. The first-order valence-electron chi connectivity index (χ1n) is 14.5. The number of hydrogen-bond donors (Lipinski definition) is 6. The number of ether oxygens (including phenoxy) is 5. The van der Waals surface area contributed by atoms with Crippen LogP contribution in [0.4, 0.5) is 0 Å². The Balaban J connectivity index is 1.25. The number of phenols is 1. The van der Waals surface area contributed by atoms with Crippen LogP contribution < -0.4 is 18.9 Å². The third kappa shape index (κ3) is 5.77. The Labute approximate surface area is 257 Å². The zero-order valence-electron chi connectivity index (χ0n) is 24.3. The second-order valence-electron chi connectivity index (χ2n) is 11.4. The van der Waals surface area contributed by atoms with Crippen LogP contribution in [0.25, 0.3) is 5.76 Å². The number of phenolic OH excluding ortho intramolecular Hbond substituents is 1. The average Bonchev–Trinajstić information content (AvgIpc) is 3.72. The summed E-state index contributed by atoms with van der Waals surface area (Å²) in [6.45, 7) is 0.0870. The van der Waals surface area contributed by atoms with Crippen molar-refractivity contribution in [2.75, 3.05) is 13.7 Å². The van der Waals surface area contributed by atoms with Crippen LogP contribution in [0, 0.1) is 0 Å². The molecular formula is C31H34N2O12. The van der Waals surface area contributed by atoms with Gasteiger partial charge < -0.3 is 54.3 Å². The highest BCUT2D eigenvalue weighted by atomic mass is 16.7. The minimum absolute atomic E-state index is 0.0176. The topological polar surface area (TPSA) is 209 Å². The van der Waals surface area contributed by atoms with Crippen LogP contribution in [0.3, 0.4) is 0 Å². The molecule has 6 rings (SSSR count). The third-order valence-electron chi connectivity index (χ3n) is 8.41. The first kappa shape index (κ1) is 30.6. The van der Waals surface area contributed by atoms with Crippen LogP contribution in [0.1, 0.15) is 49.3 Å². The maximum atomic E-state index is 12.1. The summed E-state index contributed by atoms with van der Waals surface area (Å²) in [5, 5.41) is 64.8. The standard InChI is InChI=1S/C31H34N2O12/c1-41-26-22(44-30-25(36)27(37)31(40,28(45-30)29(38)39)12-16-13-32-14-33-16)11-21-23(24(26)35)19(34)10-20(43-21)15-6-8-18(9-7-15)42-17-4-2-3-5-17/h6-11,14,17,20,25,27-28,30,34-37,40H,2-5,12-13H2,1H3,(H,38,39). The van der Waals surface area contributed by atoms with Gasteiger partial charge in [0, 0.05) is 24.3 Å². The van der Waals surface area contributed by atoms with E-state index in [1.165, 1.54) is 25.6 Å². The number of aromatic hydroxyl groups is 1. The first-order valence-corrected chi connectivity index (χ1v) is 14.5. The molecule has 14 nitrogen and oxygen atoms in total. The molecule has 3 aliphatic heterocycles. The fraction of sp³-hybridized carbons (Fsp3) is 0.452. The van der Waals surface area contributed by atoms with Gasteiger partial charge in [0.15, 0.2) is 17.6 Å². The van der Waals surface area contributed by atoms with E-state index in [9.17, 15) is 35.4 Å². The average molecular weight is 627 g/mol. The first-order chi connectivity index (χ1) is 21.6. The molecule has 45 heavy (non-hydrogen) atoms. The molecule has 1 saturated carbocycles. The smallest absolute Gasteiger partial charge is 0.336 e. The maximum Gasteiger partial charge on any atom is 0.336 e. The molecule has 14 heteroatoms. The second-order valence-corrected chi connectivity index (χ2v) is 11.4. The molecule has 1 saturated heterocycles. The number of fused-ring (bicyclic) bond motifs is 1. The van der Waals surface area contributed by atoms with Crippen molar-refractivity contribution in [1.29, 1.82) is 0 Å². The fourth-order valence-corrected chi connectivity index (χ4v) is 6.09. The Hall–Kier alpha value is -4.37. The number of rotatable bonds is 9. The number of methoxy groups -OCH3 is 1. The minimum atomic E-state index is -2.47. The molecule has 240 valence electrons. The number of aliphatic hydroxyl groups is 4. The molecule has 4 aliphatic rings. The third-order valence-corrected chi connectivity index (χ3v) is 8.41. The molecule has 0 bridgehead atoms. The Kier molecular flexibility index (Phi) is 8.31. The molecule has 3 heterocycles. The predicted octanol–water partition coefficient (Wildman–Crippen LogP) is 2.27. The predicted molar refractivity (Wildman–Crippen MR) is 157 cm³/mol. The van der Waals surface area contributed by atoms with Crippen molar-refractivity contribution in [3.05, 3.63) is 47.5 Å². The number of nitrogens with zero attached hydrogens (tertiary/aromatic N) is 2. The van der Waals surface area contributed by atoms with E-state index >= 15 is 0 Å². The number of carbonyl (C=O) groups is 1. The molecule has 2 fully saturated rings. The van der Waals surface area contributed by atoms with Crippen molar-refractivity contribution in [1.82, 2.24) is 0 Å². The van der Waals surface area contributed by atoms with Crippen LogP contribution in [0.15, 0.2) is 46.4 Å². The summed E-state index contributed by atoms with van der Waals surface area (Å²) in [4.78, 5) is 20.0. The fourth-order valence-electron chi connectivity index (χ4n) is 6.09. The lowest BCUT2D eigenvalue weighted by molar-refractivity contribution is -0.303. The molecule has 1 aliphatic carbocycles. The highest BCUT2D eigenvalue weighted by Crippen LogP contribution is 2.51. The van der Waals surface area contributed by atoms with E-state index < -0.39 is 54.4 Å². The monoisotopic (exact) mass is 626 g/mol. The van der Waals surface area contributed by atoms with E-state index in [1.807, 2.05) is 12.1 Å². The van der Waals surface area contributed by atoms with Crippen molar-refractivity contribution >= 4 is 23.8 Å². The number of hydrogen-bond acceptors (Lipinski definition) is 13. The lowest BCUT2D eigenvalue weighted by Crippen LogP contribution is -2.69. The van der Waals surface area contributed by atoms with Crippen molar-refractivity contribution in [3.63, 3.8) is 0 Å². The zero-order valence-corrected chi connectivity index (χ0v) is 24.3. The minimum Gasteiger partial charge on any atom is -0.507 e. The van der Waals surface area contributed by atoms with E-state index in [4.69, 9.17) is 23.7 Å². The summed E-state index contributed by atoms with van der Waals surface area (Å²) in [7, 11) is 1.22. The van der Waals surface area contributed by atoms with Crippen LogP contribution in [0.5, 0.6) is 28.7 Å². The normalized spacial score (nSPS) is 29.4. The zero-order chi connectivity index (χ0) is 31.9. The number of carboxylic acids is 1. The van der Waals surface area contributed by atoms with Gasteiger partial charge in [-0.3, -0.25) is 4.99 Å². The Morgan fingerprint density at radius 3 is 2.49 bits per heavy atom. The molecule has 6 unspecified atom stereocenters. The number of aliphatic hydroxyl groups excluding tert-OH is 3. The number of benzene rings is 2. The van der Waals surface area contributed by atoms with Gasteiger partial charge in [0.2, 0.25) is 12.0 Å². The van der Waals surface area contributed by atoms with Crippen molar-refractivity contribution in [3.8, 4) is 28.7 Å². The SMILES string of the molecule is COc1c(OC2OC(C(=O)O)C(O)(CC3=NC=NC3)C(O)C2O)cc2c(c1O)C(O)=CC(c1ccc(OC3CCCC3)cc1)O2. The Morgan fingerprint density at radius 1 is 1.11 bits per heavy atom. The quantitative estimate of drug-likeness (QED) is 0.237. The lowest BCUT2D eigenvalue weighted by Gasteiger charge is -2.46. The maximum absolute atomic E-state index is 12.1. The molecular weight excluding hydrogens is 592 g/mol. The Bertz CT molecular complexity index is 1530. The van der Waals surface area contributed by atoms with Crippen LogP contribution in [0.2, 0.25) is 0 Å². The van der Waals surface area contributed by atoms with Gasteiger partial charge in [-0.25, -0.2) is 9.79 Å². The van der Waals surface area contributed by atoms with Crippen LogP contribution in [-0.4, -0.2) is 98.6 Å². The van der Waals surface area contributed by atoms with Crippen molar-refractivity contribution in [2.24, 2.45) is 9.98 Å². The summed E-state index contributed by atoms with van der Waals surface area (Å²) >= 11 is 0. The molecule has 0 aromatic heterocycles. The van der Waals surface area contributed by atoms with Gasteiger partial charge in [0.05, 0.1) is 19.8 Å². The summed E-state index contributed by atoms with van der Waals surface area (Å²) < 4.78 is 28.7. The number of carboxylic acid groups (broad SMARTS) is 1. The molecule has 2 aromatic rings. The highest BCUT2D eigenvalue weighted by molar-refractivity contribution is 5.97. The summed E-state index contributed by atoms with van der Waals surface area (Å²) in [5.41, 5.74) is -1.59. The van der Waals surface area contributed by atoms with Gasteiger partial charge in [0.25, 0.3) is 0 Å². The Morgan fingerprint density at radius 2 is 1.84 bits per heavy atom. The van der Waals surface area contributed by atoms with Gasteiger partial charge in [-0.1, -0.05) is 12.1 Å². The number of aliphatic imine (C=N–C) groups is 2. The van der Waals surface area contributed by atoms with Gasteiger partial charge in [0.1, 0.15) is 53.1 Å². The van der Waals surface area contributed by atoms with Gasteiger partial charge >= 0.3 is 5.97 Å². The van der Waals surface area contributed by atoms with E-state index in [0.29, 0.717) is 5.56 Å². The van der Waals surface area contributed by atoms with E-state index in [2.05, 4.69) is 9.98 Å². The van der Waals surface area contributed by atoms with Crippen molar-refractivity contribution < 1.29 is 59.1 Å². The largest absolute Gasteiger partial charge is 0.507 e. The van der Waals surface area contributed by atoms with Crippen LogP contribution in [-0.2, 0) is 9.53 Å². The van der Waals surface area contributed by atoms with E-state index in [-0.39, 0.29) is 46.9 Å². The molecule has 6 N–H and O–H groups in total. The second kappa shape index (κ2) is 12.2. The van der Waals surface area contributed by atoms with Crippen molar-refractivity contribution in [2.45, 2.75) is 74.5 Å². The van der Waals surface area contributed by atoms with Gasteiger partial charge in [-0.05, 0) is 43.4 Å². The highest BCUT2D eigenvalue weighted by Gasteiger charge is 2.59. The van der Waals surface area contributed by atoms with E-state index in [0.717, 1.165) is 31.4 Å². The number of aliphatic carboxylic acids is 1. The molecule has 2 aromatic carbocycles. The lowest BCUT2D eigenvalue weighted by atomic mass is 9.80. The molecule has 6 atom stereocenters. The van der Waals surface area contributed by atoms with Gasteiger partial charge in [-0.2, -0.15) is 0 Å². The molecule has 0 radical (unpaired) electrons. The van der Waals surface area contributed by atoms with Crippen LogP contribution >= 0.6 is 0 Å². The molecule has 0 spiro atoms.